The maximum absolute atomic E-state index is 13.2. The molecule has 10 nitrogen and oxygen atoms in total. The zero-order chi connectivity index (χ0) is 27.7. The minimum absolute atomic E-state index is 0.0472. The Hall–Kier alpha value is -4.21. The lowest BCUT2D eigenvalue weighted by Crippen LogP contribution is -2.45. The van der Waals surface area contributed by atoms with Crippen LogP contribution in [0, 0.1) is 12.3 Å². The Labute approximate surface area is 228 Å². The summed E-state index contributed by atoms with van der Waals surface area (Å²) < 4.78 is 5.60. The molecular weight excluding hydrogens is 494 g/mol. The number of hydrogen-bond acceptors (Lipinski definition) is 8. The number of aromatic nitrogens is 3. The molecule has 2 amide bonds. The number of pyridine rings is 1. The fraction of sp³-hybridized carbons (Fsp3) is 0.414. The average Bonchev–Trinajstić information content (AvgIpc) is 3.44. The van der Waals surface area contributed by atoms with Gasteiger partial charge in [-0.25, -0.2) is 4.98 Å². The van der Waals surface area contributed by atoms with Gasteiger partial charge in [0.1, 0.15) is 11.4 Å². The molecule has 0 bridgehead atoms. The molecule has 3 heterocycles. The maximum atomic E-state index is 13.2. The normalized spacial score (nSPS) is 17.0. The van der Waals surface area contributed by atoms with Gasteiger partial charge >= 0.3 is 0 Å². The van der Waals surface area contributed by atoms with E-state index < -0.39 is 5.41 Å². The lowest BCUT2D eigenvalue weighted by molar-refractivity contribution is -0.125. The molecule has 10 heteroatoms. The van der Waals surface area contributed by atoms with Crippen molar-refractivity contribution >= 4 is 40.6 Å². The van der Waals surface area contributed by atoms with E-state index >= 15 is 0 Å². The molecule has 0 atom stereocenters. The second-order valence-electron chi connectivity index (χ2n) is 10.9. The zero-order valence-corrected chi connectivity index (χ0v) is 23.1. The van der Waals surface area contributed by atoms with Crippen LogP contribution in [-0.4, -0.2) is 53.5 Å². The van der Waals surface area contributed by atoms with E-state index in [4.69, 9.17) is 9.72 Å². The van der Waals surface area contributed by atoms with Crippen molar-refractivity contribution in [3.8, 4) is 5.75 Å². The first-order chi connectivity index (χ1) is 18.7. The van der Waals surface area contributed by atoms with Crippen LogP contribution in [0.25, 0.3) is 0 Å². The van der Waals surface area contributed by atoms with E-state index in [9.17, 15) is 9.59 Å². The average molecular weight is 530 g/mol. The molecule has 2 aliphatic rings. The Morgan fingerprint density at radius 3 is 2.62 bits per heavy atom. The van der Waals surface area contributed by atoms with Crippen molar-refractivity contribution in [1.29, 1.82) is 0 Å². The Morgan fingerprint density at radius 1 is 1.13 bits per heavy atom. The number of anilines is 5. The summed E-state index contributed by atoms with van der Waals surface area (Å²) in [7, 11) is 3.34. The monoisotopic (exact) mass is 529 g/mol. The highest BCUT2D eigenvalue weighted by atomic mass is 16.5. The van der Waals surface area contributed by atoms with Crippen molar-refractivity contribution in [2.24, 2.45) is 5.41 Å². The molecule has 0 spiro atoms. The zero-order valence-electron chi connectivity index (χ0n) is 23.1. The molecule has 1 aliphatic heterocycles. The van der Waals surface area contributed by atoms with Gasteiger partial charge in [-0.05, 0) is 63.9 Å². The van der Waals surface area contributed by atoms with E-state index in [1.807, 2.05) is 26.8 Å². The Kier molecular flexibility index (Phi) is 7.12. The molecule has 5 rings (SSSR count). The number of nitrogens with one attached hydrogen (secondary N) is 2. The van der Waals surface area contributed by atoms with Crippen molar-refractivity contribution in [3.05, 3.63) is 54.0 Å². The highest BCUT2D eigenvalue weighted by Gasteiger charge is 2.41. The molecule has 1 aromatic carbocycles. The van der Waals surface area contributed by atoms with Gasteiger partial charge in [0.25, 0.3) is 5.91 Å². The molecule has 1 fully saturated rings. The van der Waals surface area contributed by atoms with E-state index in [2.05, 4.69) is 25.5 Å². The van der Waals surface area contributed by atoms with Gasteiger partial charge in [0.2, 0.25) is 11.9 Å². The van der Waals surface area contributed by atoms with Crippen molar-refractivity contribution in [3.63, 3.8) is 0 Å². The van der Waals surface area contributed by atoms with E-state index in [0.29, 0.717) is 46.9 Å². The lowest BCUT2D eigenvalue weighted by atomic mass is 9.91. The second-order valence-corrected chi connectivity index (χ2v) is 10.9. The summed E-state index contributed by atoms with van der Waals surface area (Å²) in [6.45, 7) is 6.44. The van der Waals surface area contributed by atoms with E-state index in [1.54, 1.807) is 55.7 Å². The molecule has 3 aromatic rings. The summed E-state index contributed by atoms with van der Waals surface area (Å²) in [6, 6.07) is 9.05. The van der Waals surface area contributed by atoms with Crippen LogP contribution in [0.4, 0.5) is 28.8 Å². The molecule has 2 aromatic heterocycles. The third-order valence-electron chi connectivity index (χ3n) is 7.46. The smallest absolute Gasteiger partial charge is 0.255 e. The summed E-state index contributed by atoms with van der Waals surface area (Å²) >= 11 is 0. The summed E-state index contributed by atoms with van der Waals surface area (Å²) in [4.78, 5) is 43.7. The van der Waals surface area contributed by atoms with Crippen molar-refractivity contribution in [2.75, 3.05) is 41.1 Å². The van der Waals surface area contributed by atoms with Crippen molar-refractivity contribution < 1.29 is 14.3 Å². The van der Waals surface area contributed by atoms with Crippen LogP contribution in [0.1, 0.15) is 55.6 Å². The SMILES string of the molecule is COc1cc(C(=O)Nc2ccnc(C)c2)ccc1Nc1ncc2c(n1)N(C1CCCC1)CC(C)(C)C(=O)N2C. The second kappa shape index (κ2) is 10.5. The molecule has 204 valence electrons. The highest BCUT2D eigenvalue weighted by Crippen LogP contribution is 2.40. The summed E-state index contributed by atoms with van der Waals surface area (Å²) in [5.41, 5.74) is 2.71. The standard InChI is InChI=1S/C29H35N7O3/c1-18-14-20(12-13-30-18)32-26(37)19-10-11-22(24(15-19)39-5)33-28-31-16-23-25(34-28)36(21-8-6-7-9-21)17-29(2,3)27(38)35(23)4/h10-16,21H,6-9,17H2,1-5H3,(H,30,32,37)(H,31,33,34). The van der Waals surface area contributed by atoms with E-state index in [1.165, 1.54) is 12.8 Å². The predicted octanol–water partition coefficient (Wildman–Crippen LogP) is 4.94. The molecular formula is C29H35N7O3. The summed E-state index contributed by atoms with van der Waals surface area (Å²) in [5.74, 6) is 1.41. The quantitative estimate of drug-likeness (QED) is 0.462. The summed E-state index contributed by atoms with van der Waals surface area (Å²) in [6.07, 6.45) is 7.87. The Balaban J connectivity index is 1.43. The fourth-order valence-electron chi connectivity index (χ4n) is 5.41. The van der Waals surface area contributed by atoms with Crippen LogP contribution in [0.15, 0.2) is 42.7 Å². The third-order valence-corrected chi connectivity index (χ3v) is 7.46. The summed E-state index contributed by atoms with van der Waals surface area (Å²) in [5, 5.41) is 6.15. The third kappa shape index (κ3) is 5.36. The van der Waals surface area contributed by atoms with Crippen molar-refractivity contribution in [2.45, 2.75) is 52.5 Å². The molecule has 1 saturated carbocycles. The molecule has 2 N–H and O–H groups in total. The topological polar surface area (TPSA) is 113 Å². The number of benzene rings is 1. The van der Waals surface area contributed by atoms with Gasteiger partial charge < -0.3 is 25.2 Å². The van der Waals surface area contributed by atoms with Crippen LogP contribution in [-0.2, 0) is 4.79 Å². The Morgan fingerprint density at radius 2 is 1.90 bits per heavy atom. The minimum Gasteiger partial charge on any atom is -0.495 e. The number of carbonyl (C=O) groups is 2. The number of methoxy groups -OCH3 is 1. The van der Waals surface area contributed by atoms with Gasteiger partial charge in [0, 0.05) is 42.8 Å². The number of rotatable bonds is 6. The molecule has 0 saturated heterocycles. The van der Waals surface area contributed by atoms with Gasteiger partial charge in [0.15, 0.2) is 5.82 Å². The first-order valence-electron chi connectivity index (χ1n) is 13.3. The maximum Gasteiger partial charge on any atom is 0.255 e. The van der Waals surface area contributed by atoms with Crippen LogP contribution in [0.5, 0.6) is 5.75 Å². The van der Waals surface area contributed by atoms with E-state index in [-0.39, 0.29) is 11.8 Å². The number of fused-ring (bicyclic) bond motifs is 1. The minimum atomic E-state index is -0.555. The van der Waals surface area contributed by atoms with Crippen LogP contribution in [0.2, 0.25) is 0 Å². The first-order valence-corrected chi connectivity index (χ1v) is 13.3. The largest absolute Gasteiger partial charge is 0.495 e. The molecule has 0 radical (unpaired) electrons. The van der Waals surface area contributed by atoms with Gasteiger partial charge in [-0.1, -0.05) is 12.8 Å². The molecule has 0 unspecified atom stereocenters. The number of amides is 2. The fourth-order valence-corrected chi connectivity index (χ4v) is 5.41. The lowest BCUT2D eigenvalue weighted by Gasteiger charge is -2.34. The van der Waals surface area contributed by atoms with Gasteiger partial charge in [0.05, 0.1) is 24.4 Å². The van der Waals surface area contributed by atoms with Gasteiger partial charge in [-0.15, -0.1) is 0 Å². The number of ether oxygens (including phenoxy) is 1. The van der Waals surface area contributed by atoms with Crippen molar-refractivity contribution in [1.82, 2.24) is 15.0 Å². The van der Waals surface area contributed by atoms with Crippen LogP contribution < -0.4 is 25.2 Å². The Bertz CT molecular complexity index is 1400. The highest BCUT2D eigenvalue weighted by molar-refractivity contribution is 6.05. The molecule has 39 heavy (non-hydrogen) atoms. The number of carbonyl (C=O) groups excluding carboxylic acids is 2. The van der Waals surface area contributed by atoms with Gasteiger partial charge in [-0.2, -0.15) is 4.98 Å². The molecule has 1 aliphatic carbocycles. The predicted molar refractivity (Wildman–Crippen MR) is 152 cm³/mol. The number of nitrogens with zero attached hydrogens (tertiary/aromatic N) is 5. The van der Waals surface area contributed by atoms with Gasteiger partial charge in [-0.3, -0.25) is 14.6 Å². The van der Waals surface area contributed by atoms with Crippen LogP contribution >= 0.6 is 0 Å². The first kappa shape index (κ1) is 26.4. The number of aryl methyl sites for hydroxylation is 1. The number of hydrogen-bond donors (Lipinski definition) is 2. The van der Waals surface area contributed by atoms with Crippen LogP contribution in [0.3, 0.4) is 0 Å². The van der Waals surface area contributed by atoms with E-state index in [0.717, 1.165) is 24.4 Å².